The predicted octanol–water partition coefficient (Wildman–Crippen LogP) is 3.63. The van der Waals surface area contributed by atoms with E-state index in [1.165, 1.54) is 38.5 Å². The third-order valence-electron chi connectivity index (χ3n) is 2.35. The van der Waals surface area contributed by atoms with Gasteiger partial charge < -0.3 is 4.74 Å². The predicted molar refractivity (Wildman–Crippen MR) is 54.4 cm³/mol. The molecule has 0 fully saturated rings. The summed E-state index contributed by atoms with van der Waals surface area (Å²) in [5.41, 5.74) is 0. The van der Waals surface area contributed by atoms with Crippen molar-refractivity contribution in [2.75, 3.05) is 13.7 Å². The van der Waals surface area contributed by atoms with Crippen LogP contribution in [0.2, 0.25) is 0 Å². The maximum Gasteiger partial charge on any atom is 0.0462 e. The van der Waals surface area contributed by atoms with Crippen molar-refractivity contribution in [3.05, 3.63) is 0 Å². The molecule has 0 atom stereocenters. The van der Waals surface area contributed by atoms with Gasteiger partial charge in [-0.05, 0) is 18.8 Å². The summed E-state index contributed by atoms with van der Waals surface area (Å²) in [6.45, 7) is 5.49. The van der Waals surface area contributed by atoms with E-state index in [0.29, 0.717) is 0 Å². The minimum atomic E-state index is 0.934. The van der Waals surface area contributed by atoms with Crippen molar-refractivity contribution in [2.24, 2.45) is 5.92 Å². The normalized spacial score (nSPS) is 11.0. The van der Waals surface area contributed by atoms with Crippen LogP contribution in [0.5, 0.6) is 0 Å². The highest BCUT2D eigenvalue weighted by Crippen LogP contribution is 2.18. The first-order chi connectivity index (χ1) is 5.85. The summed E-state index contributed by atoms with van der Waals surface area (Å²) in [6.07, 6.45) is 8.06. The Balaban J connectivity index is 3.34. The Labute approximate surface area is 77.5 Å². The molecule has 0 aliphatic heterocycles. The number of rotatable bonds is 8. The van der Waals surface area contributed by atoms with Crippen molar-refractivity contribution < 1.29 is 4.74 Å². The molecule has 0 rings (SSSR count). The van der Waals surface area contributed by atoms with Crippen molar-refractivity contribution >= 4 is 0 Å². The third-order valence-corrected chi connectivity index (χ3v) is 2.35. The highest BCUT2D eigenvalue weighted by Gasteiger charge is 2.05. The first-order valence-corrected chi connectivity index (χ1v) is 5.34. The van der Waals surface area contributed by atoms with Crippen molar-refractivity contribution in [1.29, 1.82) is 0 Å². The number of hydrogen-bond donors (Lipinski definition) is 0. The van der Waals surface area contributed by atoms with Crippen LogP contribution in [0.1, 0.15) is 52.4 Å². The van der Waals surface area contributed by atoms with E-state index >= 15 is 0 Å². The summed E-state index contributed by atoms with van der Waals surface area (Å²) in [7, 11) is 1.79. The summed E-state index contributed by atoms with van der Waals surface area (Å²) in [4.78, 5) is 0. The van der Waals surface area contributed by atoms with E-state index in [9.17, 15) is 0 Å². The van der Waals surface area contributed by atoms with Gasteiger partial charge in [0, 0.05) is 13.7 Å². The molecular weight excluding hydrogens is 148 g/mol. The number of hydrogen-bond acceptors (Lipinski definition) is 1. The van der Waals surface area contributed by atoms with Crippen LogP contribution in [0.25, 0.3) is 0 Å². The van der Waals surface area contributed by atoms with Gasteiger partial charge in [0.15, 0.2) is 0 Å². The molecule has 1 nitrogen and oxygen atoms in total. The standard InChI is InChI=1S/C11H24O/c1-4-7-11(8-5-2)9-6-10-12-3/h11H,4-10H2,1-3H3. The van der Waals surface area contributed by atoms with Gasteiger partial charge in [0.1, 0.15) is 0 Å². The summed E-state index contributed by atoms with van der Waals surface area (Å²) >= 11 is 0. The summed E-state index contributed by atoms with van der Waals surface area (Å²) < 4.78 is 5.05. The Kier molecular flexibility index (Phi) is 9.02. The topological polar surface area (TPSA) is 9.23 Å². The zero-order valence-corrected chi connectivity index (χ0v) is 8.94. The molecule has 0 unspecified atom stereocenters. The molecule has 0 amide bonds. The molecule has 0 aliphatic carbocycles. The van der Waals surface area contributed by atoms with Crippen LogP contribution in [-0.2, 0) is 4.74 Å². The van der Waals surface area contributed by atoms with Crippen molar-refractivity contribution in [3.8, 4) is 0 Å². The highest BCUT2D eigenvalue weighted by atomic mass is 16.5. The minimum absolute atomic E-state index is 0.934. The molecule has 12 heavy (non-hydrogen) atoms. The molecule has 0 bridgehead atoms. The lowest BCUT2D eigenvalue weighted by atomic mass is 9.93. The van der Waals surface area contributed by atoms with Crippen LogP contribution < -0.4 is 0 Å². The number of ether oxygens (including phenoxy) is 1. The van der Waals surface area contributed by atoms with E-state index in [1.54, 1.807) is 7.11 Å². The Bertz CT molecular complexity index is 75.1. The van der Waals surface area contributed by atoms with Crippen LogP contribution in [0.3, 0.4) is 0 Å². The fourth-order valence-corrected chi connectivity index (χ4v) is 1.77. The fraction of sp³-hybridized carbons (Fsp3) is 1.00. The average molecular weight is 172 g/mol. The van der Waals surface area contributed by atoms with E-state index in [0.717, 1.165) is 12.5 Å². The molecule has 0 aromatic heterocycles. The van der Waals surface area contributed by atoms with Crippen molar-refractivity contribution in [3.63, 3.8) is 0 Å². The smallest absolute Gasteiger partial charge is 0.0462 e. The third kappa shape index (κ3) is 6.66. The van der Waals surface area contributed by atoms with Gasteiger partial charge in [-0.2, -0.15) is 0 Å². The van der Waals surface area contributed by atoms with E-state index in [-0.39, 0.29) is 0 Å². The van der Waals surface area contributed by atoms with Gasteiger partial charge in [0.05, 0.1) is 0 Å². The van der Waals surface area contributed by atoms with Crippen molar-refractivity contribution in [1.82, 2.24) is 0 Å². The number of methoxy groups -OCH3 is 1. The second kappa shape index (κ2) is 9.05. The summed E-state index contributed by atoms with van der Waals surface area (Å²) in [5, 5.41) is 0. The van der Waals surface area contributed by atoms with Gasteiger partial charge in [-0.25, -0.2) is 0 Å². The van der Waals surface area contributed by atoms with Crippen LogP contribution in [0.4, 0.5) is 0 Å². The Morgan fingerprint density at radius 2 is 1.58 bits per heavy atom. The molecule has 0 heterocycles. The highest BCUT2D eigenvalue weighted by molar-refractivity contribution is 4.58. The largest absolute Gasteiger partial charge is 0.385 e. The second-order valence-electron chi connectivity index (χ2n) is 3.58. The molecular formula is C11H24O. The van der Waals surface area contributed by atoms with E-state index in [4.69, 9.17) is 4.74 Å². The molecule has 0 aromatic rings. The molecule has 0 saturated heterocycles. The maximum absolute atomic E-state index is 5.05. The lowest BCUT2D eigenvalue weighted by molar-refractivity contribution is 0.184. The quantitative estimate of drug-likeness (QED) is 0.508. The first kappa shape index (κ1) is 12.0. The van der Waals surface area contributed by atoms with E-state index < -0.39 is 0 Å². The van der Waals surface area contributed by atoms with Gasteiger partial charge >= 0.3 is 0 Å². The molecule has 0 N–H and O–H groups in total. The SMILES string of the molecule is CCCC(CCC)CCCOC. The Morgan fingerprint density at radius 1 is 1.00 bits per heavy atom. The Morgan fingerprint density at radius 3 is 2.00 bits per heavy atom. The van der Waals surface area contributed by atoms with Crippen LogP contribution in [0.15, 0.2) is 0 Å². The molecule has 74 valence electrons. The second-order valence-corrected chi connectivity index (χ2v) is 3.58. The molecule has 0 spiro atoms. The van der Waals surface area contributed by atoms with Gasteiger partial charge in [-0.3, -0.25) is 0 Å². The maximum atomic E-state index is 5.05. The lowest BCUT2D eigenvalue weighted by Crippen LogP contribution is -2.01. The zero-order chi connectivity index (χ0) is 9.23. The van der Waals surface area contributed by atoms with Crippen LogP contribution in [0, 0.1) is 5.92 Å². The fourth-order valence-electron chi connectivity index (χ4n) is 1.77. The molecule has 0 saturated carbocycles. The van der Waals surface area contributed by atoms with E-state index in [1.807, 2.05) is 0 Å². The van der Waals surface area contributed by atoms with Gasteiger partial charge in [0.2, 0.25) is 0 Å². The molecule has 0 aliphatic rings. The zero-order valence-electron chi connectivity index (χ0n) is 8.94. The Hall–Kier alpha value is -0.0400. The van der Waals surface area contributed by atoms with E-state index in [2.05, 4.69) is 13.8 Å². The average Bonchev–Trinajstić information content (AvgIpc) is 2.06. The summed E-state index contributed by atoms with van der Waals surface area (Å²) in [6, 6.07) is 0. The van der Waals surface area contributed by atoms with Crippen LogP contribution in [-0.4, -0.2) is 13.7 Å². The van der Waals surface area contributed by atoms with Crippen LogP contribution >= 0.6 is 0 Å². The summed E-state index contributed by atoms with van der Waals surface area (Å²) in [5.74, 6) is 0.954. The van der Waals surface area contributed by atoms with Gasteiger partial charge in [-0.1, -0.05) is 39.5 Å². The monoisotopic (exact) mass is 172 g/mol. The lowest BCUT2D eigenvalue weighted by Gasteiger charge is -2.14. The first-order valence-electron chi connectivity index (χ1n) is 5.34. The molecule has 0 aromatic carbocycles. The van der Waals surface area contributed by atoms with Crippen molar-refractivity contribution in [2.45, 2.75) is 52.4 Å². The van der Waals surface area contributed by atoms with Gasteiger partial charge in [0.25, 0.3) is 0 Å². The molecule has 1 heteroatoms. The van der Waals surface area contributed by atoms with Gasteiger partial charge in [-0.15, -0.1) is 0 Å². The molecule has 0 radical (unpaired) electrons. The minimum Gasteiger partial charge on any atom is -0.385 e.